The highest BCUT2D eigenvalue weighted by atomic mass is 127. The Bertz CT molecular complexity index is 384. The van der Waals surface area contributed by atoms with Crippen molar-refractivity contribution in [1.82, 2.24) is 9.78 Å². The van der Waals surface area contributed by atoms with Gasteiger partial charge in [0.25, 0.3) is 0 Å². The molecule has 1 aromatic heterocycles. The molecular formula is C6H5IN2O4. The summed E-state index contributed by atoms with van der Waals surface area (Å²) in [6.07, 6.45) is 0. The minimum atomic E-state index is -1.23. The van der Waals surface area contributed by atoms with Crippen LogP contribution in [0, 0.1) is 3.57 Å². The van der Waals surface area contributed by atoms with Crippen molar-refractivity contribution in [3.8, 4) is 0 Å². The zero-order valence-corrected chi connectivity index (χ0v) is 8.64. The van der Waals surface area contributed by atoms with Crippen molar-refractivity contribution in [2.24, 2.45) is 7.05 Å². The molecule has 0 saturated heterocycles. The third-order valence-electron chi connectivity index (χ3n) is 1.39. The first-order valence-corrected chi connectivity index (χ1v) is 4.22. The Kier molecular flexibility index (Phi) is 2.55. The van der Waals surface area contributed by atoms with E-state index in [0.29, 0.717) is 0 Å². The van der Waals surface area contributed by atoms with Crippen LogP contribution >= 0.6 is 22.6 Å². The van der Waals surface area contributed by atoms with Crippen LogP contribution in [0.1, 0.15) is 21.0 Å². The molecule has 0 atom stereocenters. The standard InChI is InChI=1S/C6H5IN2O4/c1-9-4(6(12)13)2(7)3(8-9)5(10)11/h1H3,(H,10,11)(H,12,13). The molecule has 0 spiro atoms. The van der Waals surface area contributed by atoms with E-state index in [9.17, 15) is 9.59 Å². The van der Waals surface area contributed by atoms with Gasteiger partial charge in [-0.2, -0.15) is 5.10 Å². The topological polar surface area (TPSA) is 92.4 Å². The van der Waals surface area contributed by atoms with E-state index in [-0.39, 0.29) is 15.0 Å². The van der Waals surface area contributed by atoms with E-state index in [1.54, 1.807) is 22.6 Å². The van der Waals surface area contributed by atoms with Gasteiger partial charge in [0.1, 0.15) is 0 Å². The maximum absolute atomic E-state index is 10.6. The smallest absolute Gasteiger partial charge is 0.357 e. The third kappa shape index (κ3) is 1.64. The average molecular weight is 296 g/mol. The first-order chi connectivity index (χ1) is 5.95. The molecule has 2 N–H and O–H groups in total. The van der Waals surface area contributed by atoms with Crippen molar-refractivity contribution >= 4 is 34.5 Å². The monoisotopic (exact) mass is 296 g/mol. The fourth-order valence-electron chi connectivity index (χ4n) is 0.867. The van der Waals surface area contributed by atoms with Gasteiger partial charge in [-0.1, -0.05) is 0 Å². The Labute approximate surface area is 86.3 Å². The molecule has 0 bridgehead atoms. The predicted molar refractivity (Wildman–Crippen MR) is 49.8 cm³/mol. The molecule has 0 aliphatic carbocycles. The molecular weight excluding hydrogens is 291 g/mol. The quantitative estimate of drug-likeness (QED) is 0.772. The van der Waals surface area contributed by atoms with Crippen LogP contribution in [-0.2, 0) is 7.05 Å². The van der Waals surface area contributed by atoms with Crippen LogP contribution in [0.3, 0.4) is 0 Å². The van der Waals surface area contributed by atoms with Crippen LogP contribution in [0.2, 0.25) is 0 Å². The van der Waals surface area contributed by atoms with E-state index in [1.807, 2.05) is 0 Å². The van der Waals surface area contributed by atoms with Crippen molar-refractivity contribution in [2.45, 2.75) is 0 Å². The molecule has 0 fully saturated rings. The molecule has 1 aromatic rings. The molecule has 1 heterocycles. The molecule has 70 valence electrons. The number of nitrogens with zero attached hydrogens (tertiary/aromatic N) is 2. The first kappa shape index (κ1) is 9.96. The summed E-state index contributed by atoms with van der Waals surface area (Å²) in [4.78, 5) is 21.2. The molecule has 6 nitrogen and oxygen atoms in total. The zero-order chi connectivity index (χ0) is 10.2. The van der Waals surface area contributed by atoms with Crippen LogP contribution < -0.4 is 0 Å². The fourth-order valence-corrected chi connectivity index (χ4v) is 1.79. The number of carboxylic acids is 2. The van der Waals surface area contributed by atoms with Crippen molar-refractivity contribution in [3.05, 3.63) is 15.0 Å². The summed E-state index contributed by atoms with van der Waals surface area (Å²) in [6.45, 7) is 0. The maximum Gasteiger partial charge on any atom is 0.357 e. The lowest BCUT2D eigenvalue weighted by atomic mass is 10.3. The molecule has 0 aliphatic heterocycles. The number of rotatable bonds is 2. The lowest BCUT2D eigenvalue weighted by molar-refractivity contribution is 0.0677. The van der Waals surface area contributed by atoms with Gasteiger partial charge in [-0.25, -0.2) is 9.59 Å². The van der Waals surface area contributed by atoms with Gasteiger partial charge in [-0.3, -0.25) is 4.68 Å². The van der Waals surface area contributed by atoms with Crippen molar-refractivity contribution < 1.29 is 19.8 Å². The maximum atomic E-state index is 10.6. The van der Waals surface area contributed by atoms with E-state index < -0.39 is 11.9 Å². The van der Waals surface area contributed by atoms with Crippen LogP contribution in [0.25, 0.3) is 0 Å². The second-order valence-corrected chi connectivity index (χ2v) is 3.32. The van der Waals surface area contributed by atoms with Crippen molar-refractivity contribution in [3.63, 3.8) is 0 Å². The van der Waals surface area contributed by atoms with Gasteiger partial charge in [-0.05, 0) is 22.6 Å². The van der Waals surface area contributed by atoms with Crippen LogP contribution in [0.15, 0.2) is 0 Å². The predicted octanol–water partition coefficient (Wildman–Crippen LogP) is 0.421. The Balaban J connectivity index is 3.39. The highest BCUT2D eigenvalue weighted by molar-refractivity contribution is 14.1. The lowest BCUT2D eigenvalue weighted by Gasteiger charge is -1.93. The van der Waals surface area contributed by atoms with Crippen molar-refractivity contribution in [2.75, 3.05) is 0 Å². The summed E-state index contributed by atoms with van der Waals surface area (Å²) in [5.41, 5.74) is -0.349. The molecule has 7 heteroatoms. The number of aromatic carboxylic acids is 2. The first-order valence-electron chi connectivity index (χ1n) is 3.14. The molecule has 0 amide bonds. The molecule has 0 radical (unpaired) electrons. The molecule has 13 heavy (non-hydrogen) atoms. The molecule has 1 rings (SSSR count). The van der Waals surface area contributed by atoms with Gasteiger partial charge in [0.2, 0.25) is 0 Å². The largest absolute Gasteiger partial charge is 0.476 e. The summed E-state index contributed by atoms with van der Waals surface area (Å²) >= 11 is 1.65. The van der Waals surface area contributed by atoms with E-state index in [2.05, 4.69) is 5.10 Å². The minimum absolute atomic E-state index is 0.113. The van der Waals surface area contributed by atoms with Crippen LogP contribution in [0.4, 0.5) is 0 Å². The summed E-state index contributed by atoms with van der Waals surface area (Å²) in [7, 11) is 1.39. The second-order valence-electron chi connectivity index (χ2n) is 2.25. The normalized spacial score (nSPS) is 10.0. The number of carboxylic acid groups (broad SMARTS) is 2. The lowest BCUT2D eigenvalue weighted by Crippen LogP contribution is -2.06. The number of halogens is 1. The minimum Gasteiger partial charge on any atom is -0.476 e. The Morgan fingerprint density at radius 3 is 2.15 bits per heavy atom. The van der Waals surface area contributed by atoms with E-state index in [0.717, 1.165) is 4.68 Å². The SMILES string of the molecule is Cn1nc(C(=O)O)c(I)c1C(=O)O. The average Bonchev–Trinajstić information content (AvgIpc) is 2.26. The Morgan fingerprint density at radius 2 is 1.92 bits per heavy atom. The van der Waals surface area contributed by atoms with Gasteiger partial charge < -0.3 is 10.2 Å². The Hall–Kier alpha value is -1.12. The van der Waals surface area contributed by atoms with Crippen LogP contribution in [-0.4, -0.2) is 31.9 Å². The number of aryl methyl sites for hydroxylation is 1. The van der Waals surface area contributed by atoms with Gasteiger partial charge in [0, 0.05) is 7.05 Å². The summed E-state index contributed by atoms with van der Waals surface area (Å²) < 4.78 is 1.17. The molecule has 0 aliphatic rings. The van der Waals surface area contributed by atoms with Gasteiger partial charge in [-0.15, -0.1) is 0 Å². The van der Waals surface area contributed by atoms with Gasteiger partial charge >= 0.3 is 11.9 Å². The summed E-state index contributed by atoms with van der Waals surface area (Å²) in [6, 6.07) is 0. The highest BCUT2D eigenvalue weighted by Gasteiger charge is 2.23. The fraction of sp³-hybridized carbons (Fsp3) is 0.167. The number of carbonyl (C=O) groups is 2. The Morgan fingerprint density at radius 1 is 1.38 bits per heavy atom. The number of aromatic nitrogens is 2. The van der Waals surface area contributed by atoms with E-state index in [1.165, 1.54) is 7.05 Å². The second kappa shape index (κ2) is 3.32. The van der Waals surface area contributed by atoms with Gasteiger partial charge in [0.15, 0.2) is 11.4 Å². The van der Waals surface area contributed by atoms with Crippen LogP contribution in [0.5, 0.6) is 0 Å². The summed E-state index contributed by atoms with van der Waals surface area (Å²) in [5, 5.41) is 20.9. The molecule has 0 aromatic carbocycles. The molecule has 0 saturated carbocycles. The number of hydrogen-bond donors (Lipinski definition) is 2. The molecule has 0 unspecified atom stereocenters. The van der Waals surface area contributed by atoms with E-state index in [4.69, 9.17) is 10.2 Å². The van der Waals surface area contributed by atoms with Crippen molar-refractivity contribution in [1.29, 1.82) is 0 Å². The third-order valence-corrected chi connectivity index (χ3v) is 2.42. The number of hydrogen-bond acceptors (Lipinski definition) is 3. The van der Waals surface area contributed by atoms with E-state index >= 15 is 0 Å². The van der Waals surface area contributed by atoms with Gasteiger partial charge in [0.05, 0.1) is 3.57 Å². The zero-order valence-electron chi connectivity index (χ0n) is 6.48. The summed E-state index contributed by atoms with van der Waals surface area (Å²) in [5.74, 6) is -2.42. The highest BCUT2D eigenvalue weighted by Crippen LogP contribution is 2.16.